The Labute approximate surface area is 106 Å². The van der Waals surface area contributed by atoms with Gasteiger partial charge in [-0.25, -0.2) is 9.69 Å². The fourth-order valence-electron chi connectivity index (χ4n) is 1.79. The van der Waals surface area contributed by atoms with Gasteiger partial charge in [0.2, 0.25) is 6.41 Å². The van der Waals surface area contributed by atoms with E-state index in [2.05, 4.69) is 11.9 Å². The van der Waals surface area contributed by atoms with Gasteiger partial charge < -0.3 is 19.3 Å². The van der Waals surface area contributed by atoms with E-state index in [1.54, 1.807) is 4.90 Å². The van der Waals surface area contributed by atoms with Crippen molar-refractivity contribution < 1.29 is 24.1 Å². The van der Waals surface area contributed by atoms with Crippen molar-refractivity contribution in [3.8, 4) is 0 Å². The second-order valence-electron chi connectivity index (χ2n) is 3.96. The number of carbonyl (C=O) groups is 1. The van der Waals surface area contributed by atoms with Crippen molar-refractivity contribution in [3.05, 3.63) is 12.7 Å². The van der Waals surface area contributed by atoms with E-state index in [0.29, 0.717) is 13.1 Å². The molecule has 0 bridgehead atoms. The predicted octanol–water partition coefficient (Wildman–Crippen LogP) is -0.911. The molecule has 1 heterocycles. The van der Waals surface area contributed by atoms with Crippen LogP contribution in [-0.2, 0) is 19.0 Å². The summed E-state index contributed by atoms with van der Waals surface area (Å²) < 4.78 is 15.1. The van der Waals surface area contributed by atoms with Crippen LogP contribution in [0.5, 0.6) is 0 Å². The summed E-state index contributed by atoms with van der Waals surface area (Å²) in [4.78, 5) is 12.6. The van der Waals surface area contributed by atoms with Crippen LogP contribution in [0.1, 0.15) is 0 Å². The van der Waals surface area contributed by atoms with Crippen LogP contribution in [-0.4, -0.2) is 62.7 Å². The molecule has 1 aliphatic rings. The standard InChI is InChI=1S/C11H20N2O5/c1-4-9(14)18-7-8-5-12-10(15)13(6-8)11(16-2)17-3/h4,8,10-12,15H,1,5-7H2,2-3H3. The number of hydrogen-bond acceptors (Lipinski definition) is 7. The van der Waals surface area contributed by atoms with Gasteiger partial charge in [0.15, 0.2) is 6.35 Å². The van der Waals surface area contributed by atoms with Gasteiger partial charge in [-0.05, 0) is 0 Å². The van der Waals surface area contributed by atoms with Gasteiger partial charge in [0.1, 0.15) is 0 Å². The van der Waals surface area contributed by atoms with Crippen LogP contribution in [0, 0.1) is 5.92 Å². The number of aliphatic hydroxyl groups excluding tert-OH is 1. The summed E-state index contributed by atoms with van der Waals surface area (Å²) in [5.74, 6) is -0.409. The first kappa shape index (κ1) is 15.1. The number of carbonyl (C=O) groups excluding carboxylic acids is 1. The van der Waals surface area contributed by atoms with Gasteiger partial charge in [-0.2, -0.15) is 0 Å². The zero-order valence-electron chi connectivity index (χ0n) is 10.7. The van der Waals surface area contributed by atoms with Gasteiger partial charge in [0.25, 0.3) is 0 Å². The Morgan fingerprint density at radius 1 is 1.61 bits per heavy atom. The zero-order chi connectivity index (χ0) is 13.5. The Morgan fingerprint density at radius 3 is 2.83 bits per heavy atom. The van der Waals surface area contributed by atoms with E-state index in [1.165, 1.54) is 14.2 Å². The lowest BCUT2D eigenvalue weighted by atomic mass is 10.1. The van der Waals surface area contributed by atoms with Crippen molar-refractivity contribution in [2.24, 2.45) is 5.92 Å². The molecule has 0 aromatic rings. The number of ether oxygens (including phenoxy) is 3. The predicted molar refractivity (Wildman–Crippen MR) is 63.2 cm³/mol. The molecule has 0 saturated carbocycles. The van der Waals surface area contributed by atoms with Crippen molar-refractivity contribution in [1.82, 2.24) is 10.2 Å². The summed E-state index contributed by atoms with van der Waals surface area (Å²) in [7, 11) is 2.98. The van der Waals surface area contributed by atoms with Crippen molar-refractivity contribution >= 4 is 5.97 Å². The quantitative estimate of drug-likeness (QED) is 0.363. The Morgan fingerprint density at radius 2 is 2.28 bits per heavy atom. The number of nitrogens with one attached hydrogen (secondary N) is 1. The van der Waals surface area contributed by atoms with Gasteiger partial charge in [-0.15, -0.1) is 0 Å². The summed E-state index contributed by atoms with van der Waals surface area (Å²) in [6.45, 7) is 4.61. The van der Waals surface area contributed by atoms with Crippen molar-refractivity contribution in [3.63, 3.8) is 0 Å². The minimum absolute atomic E-state index is 0.0464. The van der Waals surface area contributed by atoms with Crippen LogP contribution in [0.25, 0.3) is 0 Å². The molecule has 1 saturated heterocycles. The van der Waals surface area contributed by atoms with Gasteiger partial charge in [0, 0.05) is 39.3 Å². The first-order chi connectivity index (χ1) is 8.62. The third kappa shape index (κ3) is 4.04. The molecule has 2 N–H and O–H groups in total. The largest absolute Gasteiger partial charge is 0.462 e. The molecule has 0 aromatic carbocycles. The fraction of sp³-hybridized carbons (Fsp3) is 0.727. The molecule has 0 aromatic heterocycles. The van der Waals surface area contributed by atoms with Crippen LogP contribution in [0.4, 0.5) is 0 Å². The highest BCUT2D eigenvalue weighted by Gasteiger charge is 2.32. The van der Waals surface area contributed by atoms with E-state index in [-0.39, 0.29) is 12.5 Å². The number of aliphatic hydroxyl groups is 1. The smallest absolute Gasteiger partial charge is 0.330 e. The number of esters is 1. The van der Waals surface area contributed by atoms with E-state index in [4.69, 9.17) is 14.2 Å². The topological polar surface area (TPSA) is 80.3 Å². The Bertz CT molecular complexity index is 283. The fourth-order valence-corrected chi connectivity index (χ4v) is 1.79. The maximum Gasteiger partial charge on any atom is 0.330 e. The van der Waals surface area contributed by atoms with Crippen molar-refractivity contribution in [2.75, 3.05) is 33.9 Å². The Hall–Kier alpha value is -0.990. The monoisotopic (exact) mass is 260 g/mol. The van der Waals surface area contributed by atoms with E-state index in [1.807, 2.05) is 0 Å². The summed E-state index contributed by atoms with van der Waals surface area (Å²) in [6.07, 6.45) is -0.373. The van der Waals surface area contributed by atoms with Gasteiger partial charge in [-0.1, -0.05) is 6.58 Å². The van der Waals surface area contributed by atoms with Crippen molar-refractivity contribution in [1.29, 1.82) is 0 Å². The maximum atomic E-state index is 11.0. The van der Waals surface area contributed by atoms with E-state index < -0.39 is 18.7 Å². The number of hydrogen-bond donors (Lipinski definition) is 2. The van der Waals surface area contributed by atoms with E-state index in [9.17, 15) is 9.90 Å². The number of methoxy groups -OCH3 is 2. The Balaban J connectivity index is 2.49. The van der Waals surface area contributed by atoms with Gasteiger partial charge >= 0.3 is 5.97 Å². The zero-order valence-corrected chi connectivity index (χ0v) is 10.7. The highest BCUT2D eigenvalue weighted by atomic mass is 16.7. The van der Waals surface area contributed by atoms with Gasteiger partial charge in [-0.3, -0.25) is 5.32 Å². The van der Waals surface area contributed by atoms with Gasteiger partial charge in [0.05, 0.1) is 6.61 Å². The first-order valence-electron chi connectivity index (χ1n) is 5.64. The lowest BCUT2D eigenvalue weighted by molar-refractivity contribution is -0.253. The third-order valence-corrected chi connectivity index (χ3v) is 2.67. The molecule has 0 amide bonds. The normalized spacial score (nSPS) is 25.1. The highest BCUT2D eigenvalue weighted by Crippen LogP contribution is 2.14. The molecular formula is C11H20N2O5. The first-order valence-corrected chi connectivity index (χ1v) is 5.64. The molecule has 0 radical (unpaired) electrons. The lowest BCUT2D eigenvalue weighted by Gasteiger charge is -2.40. The van der Waals surface area contributed by atoms with E-state index >= 15 is 0 Å². The summed E-state index contributed by atoms with van der Waals surface area (Å²) in [5, 5.41) is 12.7. The van der Waals surface area contributed by atoms with Crippen LogP contribution in [0.2, 0.25) is 0 Å². The number of nitrogens with zero attached hydrogens (tertiary/aromatic N) is 1. The maximum absolute atomic E-state index is 11.0. The molecule has 7 nitrogen and oxygen atoms in total. The summed E-state index contributed by atoms with van der Waals surface area (Å²) in [5.41, 5.74) is 0. The average Bonchev–Trinajstić information content (AvgIpc) is 2.40. The third-order valence-electron chi connectivity index (χ3n) is 2.67. The second-order valence-corrected chi connectivity index (χ2v) is 3.96. The Kier molecular flexibility index (Phi) is 6.23. The van der Waals surface area contributed by atoms with E-state index in [0.717, 1.165) is 6.08 Å². The molecule has 0 aliphatic carbocycles. The van der Waals surface area contributed by atoms with Crippen molar-refractivity contribution in [2.45, 2.75) is 12.8 Å². The molecule has 1 aliphatic heterocycles. The molecule has 2 unspecified atom stereocenters. The van der Waals surface area contributed by atoms with Crippen LogP contribution >= 0.6 is 0 Å². The molecule has 1 rings (SSSR count). The minimum Gasteiger partial charge on any atom is -0.462 e. The minimum atomic E-state index is -0.846. The van der Waals surface area contributed by atoms with Crippen LogP contribution in [0.3, 0.4) is 0 Å². The average molecular weight is 260 g/mol. The SMILES string of the molecule is C=CC(=O)OCC1CNC(O)N(C(OC)OC)C1. The molecular weight excluding hydrogens is 240 g/mol. The molecule has 18 heavy (non-hydrogen) atoms. The molecule has 104 valence electrons. The molecule has 1 fully saturated rings. The number of rotatable bonds is 6. The molecule has 2 atom stereocenters. The lowest BCUT2D eigenvalue weighted by Crippen LogP contribution is -2.60. The molecule has 7 heteroatoms. The highest BCUT2D eigenvalue weighted by molar-refractivity contribution is 5.81. The summed E-state index contributed by atoms with van der Waals surface area (Å²) >= 11 is 0. The second kappa shape index (κ2) is 7.45. The van der Waals surface area contributed by atoms with Crippen LogP contribution in [0.15, 0.2) is 12.7 Å². The summed E-state index contributed by atoms with van der Waals surface area (Å²) in [6, 6.07) is 0. The molecule has 0 spiro atoms. The van der Waals surface area contributed by atoms with Crippen LogP contribution < -0.4 is 5.32 Å².